The van der Waals surface area contributed by atoms with Crippen LogP contribution in [0.4, 0.5) is 0 Å². The molecule has 0 radical (unpaired) electrons. The zero-order valence-electron chi connectivity index (χ0n) is 17.2. The zero-order valence-corrected chi connectivity index (χ0v) is 17.2. The highest BCUT2D eigenvalue weighted by molar-refractivity contribution is 5.92. The van der Waals surface area contributed by atoms with Gasteiger partial charge in [-0.15, -0.1) is 0 Å². The largest absolute Gasteiger partial charge is 0.356 e. The molecule has 1 aliphatic heterocycles. The molecule has 156 valence electrons. The first-order valence-corrected chi connectivity index (χ1v) is 11.1. The number of hydrogen-bond donors (Lipinski definition) is 1. The molecular weight excluding hydrogens is 376 g/mol. The van der Waals surface area contributed by atoms with Gasteiger partial charge in [-0.05, 0) is 60.5 Å². The van der Waals surface area contributed by atoms with Crippen LogP contribution >= 0.6 is 0 Å². The van der Waals surface area contributed by atoms with Crippen molar-refractivity contribution in [3.8, 4) is 0 Å². The Balaban J connectivity index is 1.28. The standard InChI is InChI=1S/C24H28N4O2/c29-22(27-15-17-5-6-17)13-18-14-24(20-4-2-1-3-19(18)20)7-11-28(12-8-24)23(30)21-16-25-9-10-26-21/h1-4,9-10,16-18H,5-8,11-15H2,(H,27,29). The Kier molecular flexibility index (Phi) is 5.01. The van der Waals surface area contributed by atoms with Crippen LogP contribution < -0.4 is 5.32 Å². The molecule has 1 saturated heterocycles. The number of piperidine rings is 1. The minimum absolute atomic E-state index is 0.0414. The molecular formula is C24H28N4O2. The lowest BCUT2D eigenvalue weighted by molar-refractivity contribution is -0.121. The predicted octanol–water partition coefficient (Wildman–Crippen LogP) is 3.05. The Morgan fingerprint density at radius 3 is 2.67 bits per heavy atom. The lowest BCUT2D eigenvalue weighted by Crippen LogP contribution is -2.44. The second-order valence-corrected chi connectivity index (χ2v) is 9.10. The second kappa shape index (κ2) is 7.82. The van der Waals surface area contributed by atoms with Crippen molar-refractivity contribution < 1.29 is 9.59 Å². The Morgan fingerprint density at radius 2 is 1.93 bits per heavy atom. The molecule has 1 spiro atoms. The number of rotatable bonds is 5. The summed E-state index contributed by atoms with van der Waals surface area (Å²) in [6, 6.07) is 8.62. The van der Waals surface area contributed by atoms with Crippen LogP contribution in [0.1, 0.15) is 66.1 Å². The SMILES string of the molecule is O=C(CC1CC2(CCN(C(=O)c3cnccn3)CC2)c2ccccc21)NCC1CC1. The van der Waals surface area contributed by atoms with Crippen molar-refractivity contribution in [3.05, 3.63) is 59.7 Å². The van der Waals surface area contributed by atoms with Crippen LogP contribution in [0.25, 0.3) is 0 Å². The van der Waals surface area contributed by atoms with E-state index in [0.717, 1.165) is 25.8 Å². The number of aromatic nitrogens is 2. The second-order valence-electron chi connectivity index (χ2n) is 9.10. The minimum atomic E-state index is -0.0414. The smallest absolute Gasteiger partial charge is 0.274 e. The van der Waals surface area contributed by atoms with Crippen LogP contribution in [-0.4, -0.2) is 46.3 Å². The summed E-state index contributed by atoms with van der Waals surface area (Å²) in [5, 5.41) is 3.13. The van der Waals surface area contributed by atoms with Crippen LogP contribution in [0.15, 0.2) is 42.9 Å². The van der Waals surface area contributed by atoms with Gasteiger partial charge in [0.15, 0.2) is 0 Å². The van der Waals surface area contributed by atoms with Crippen molar-refractivity contribution in [3.63, 3.8) is 0 Å². The number of fused-ring (bicyclic) bond motifs is 2. The fourth-order valence-corrected chi connectivity index (χ4v) is 5.27. The van der Waals surface area contributed by atoms with Gasteiger partial charge in [-0.1, -0.05) is 24.3 Å². The van der Waals surface area contributed by atoms with Crippen molar-refractivity contribution >= 4 is 11.8 Å². The topological polar surface area (TPSA) is 75.2 Å². The van der Waals surface area contributed by atoms with Gasteiger partial charge in [-0.3, -0.25) is 14.6 Å². The van der Waals surface area contributed by atoms with E-state index in [1.807, 2.05) is 4.90 Å². The minimum Gasteiger partial charge on any atom is -0.356 e. The highest BCUT2D eigenvalue weighted by atomic mass is 16.2. The summed E-state index contributed by atoms with van der Waals surface area (Å²) in [5.74, 6) is 1.10. The van der Waals surface area contributed by atoms with E-state index in [4.69, 9.17) is 0 Å². The molecule has 6 heteroatoms. The number of hydrogen-bond acceptors (Lipinski definition) is 4. The fourth-order valence-electron chi connectivity index (χ4n) is 5.27. The zero-order chi connectivity index (χ0) is 20.6. The van der Waals surface area contributed by atoms with Gasteiger partial charge in [-0.25, -0.2) is 4.98 Å². The van der Waals surface area contributed by atoms with Gasteiger partial charge in [0.2, 0.25) is 5.91 Å². The van der Waals surface area contributed by atoms with Gasteiger partial charge in [0, 0.05) is 38.4 Å². The molecule has 2 fully saturated rings. The number of likely N-dealkylation sites (tertiary alicyclic amines) is 1. The van der Waals surface area contributed by atoms with Crippen molar-refractivity contribution in [2.75, 3.05) is 19.6 Å². The van der Waals surface area contributed by atoms with Crippen LogP contribution in [0, 0.1) is 5.92 Å². The predicted molar refractivity (Wildman–Crippen MR) is 113 cm³/mol. The molecule has 3 aliphatic rings. The highest BCUT2D eigenvalue weighted by Crippen LogP contribution is 2.52. The van der Waals surface area contributed by atoms with E-state index in [1.165, 1.54) is 30.2 Å². The van der Waals surface area contributed by atoms with Crippen molar-refractivity contribution in [2.45, 2.75) is 49.9 Å². The summed E-state index contributed by atoms with van der Waals surface area (Å²) < 4.78 is 0. The highest BCUT2D eigenvalue weighted by Gasteiger charge is 2.46. The van der Waals surface area contributed by atoms with Crippen molar-refractivity contribution in [1.29, 1.82) is 0 Å². The molecule has 1 saturated carbocycles. The number of nitrogens with one attached hydrogen (secondary N) is 1. The van der Waals surface area contributed by atoms with E-state index in [9.17, 15) is 9.59 Å². The molecule has 2 heterocycles. The molecule has 2 aliphatic carbocycles. The molecule has 2 amide bonds. The molecule has 30 heavy (non-hydrogen) atoms. The lowest BCUT2D eigenvalue weighted by atomic mass is 9.73. The number of carbonyl (C=O) groups is 2. The van der Waals surface area contributed by atoms with Crippen molar-refractivity contribution in [2.24, 2.45) is 5.92 Å². The van der Waals surface area contributed by atoms with E-state index in [0.29, 0.717) is 31.1 Å². The van der Waals surface area contributed by atoms with E-state index >= 15 is 0 Å². The monoisotopic (exact) mass is 404 g/mol. The Hall–Kier alpha value is -2.76. The average molecular weight is 405 g/mol. The normalized spacial score (nSPS) is 22.0. The summed E-state index contributed by atoms with van der Waals surface area (Å²) in [4.78, 5) is 35.4. The number of carbonyl (C=O) groups excluding carboxylic acids is 2. The van der Waals surface area contributed by atoms with Gasteiger partial charge >= 0.3 is 0 Å². The van der Waals surface area contributed by atoms with E-state index in [1.54, 1.807) is 12.4 Å². The third-order valence-corrected chi connectivity index (χ3v) is 7.12. The first kappa shape index (κ1) is 19.2. The Labute approximate surface area is 177 Å². The van der Waals surface area contributed by atoms with E-state index in [2.05, 4.69) is 39.6 Å². The maximum Gasteiger partial charge on any atom is 0.274 e. The summed E-state index contributed by atoms with van der Waals surface area (Å²) in [5.41, 5.74) is 3.19. The van der Waals surface area contributed by atoms with Crippen LogP contribution in [0.3, 0.4) is 0 Å². The molecule has 1 aromatic heterocycles. The first-order chi connectivity index (χ1) is 14.6. The Morgan fingerprint density at radius 1 is 1.13 bits per heavy atom. The molecule has 1 N–H and O–H groups in total. The van der Waals surface area contributed by atoms with Crippen LogP contribution in [0.2, 0.25) is 0 Å². The van der Waals surface area contributed by atoms with Gasteiger partial charge in [0.25, 0.3) is 5.91 Å². The van der Waals surface area contributed by atoms with Gasteiger partial charge in [-0.2, -0.15) is 0 Å². The first-order valence-electron chi connectivity index (χ1n) is 11.1. The maximum absolute atomic E-state index is 12.8. The molecule has 1 aromatic carbocycles. The molecule has 2 aromatic rings. The summed E-state index contributed by atoms with van der Waals surface area (Å²) in [6.45, 7) is 2.26. The van der Waals surface area contributed by atoms with Crippen molar-refractivity contribution in [1.82, 2.24) is 20.2 Å². The maximum atomic E-state index is 12.8. The van der Waals surface area contributed by atoms with Gasteiger partial charge < -0.3 is 10.2 Å². The third-order valence-electron chi connectivity index (χ3n) is 7.12. The van der Waals surface area contributed by atoms with Crippen LogP contribution in [0.5, 0.6) is 0 Å². The fraction of sp³-hybridized carbons (Fsp3) is 0.500. The lowest BCUT2D eigenvalue weighted by Gasteiger charge is -2.40. The summed E-state index contributed by atoms with van der Waals surface area (Å²) in [6.07, 6.45) is 10.6. The molecule has 1 unspecified atom stereocenters. The molecule has 5 rings (SSSR count). The van der Waals surface area contributed by atoms with E-state index < -0.39 is 0 Å². The number of nitrogens with zero attached hydrogens (tertiary/aromatic N) is 3. The van der Waals surface area contributed by atoms with Gasteiger partial charge in [0.1, 0.15) is 5.69 Å². The quantitative estimate of drug-likeness (QED) is 0.831. The summed E-state index contributed by atoms with van der Waals surface area (Å²) in [7, 11) is 0. The Bertz CT molecular complexity index is 933. The van der Waals surface area contributed by atoms with E-state index in [-0.39, 0.29) is 23.1 Å². The average Bonchev–Trinajstić information content (AvgIpc) is 3.58. The third kappa shape index (κ3) is 3.71. The number of amides is 2. The molecule has 6 nitrogen and oxygen atoms in total. The number of benzene rings is 1. The molecule has 0 bridgehead atoms. The summed E-state index contributed by atoms with van der Waals surface area (Å²) >= 11 is 0. The van der Waals surface area contributed by atoms with Gasteiger partial charge in [0.05, 0.1) is 6.20 Å². The van der Waals surface area contributed by atoms with Crippen LogP contribution in [-0.2, 0) is 10.2 Å². The molecule has 1 atom stereocenters.